The lowest BCUT2D eigenvalue weighted by Crippen LogP contribution is -2.38. The molecule has 0 bridgehead atoms. The van der Waals surface area contributed by atoms with Crippen molar-refractivity contribution in [2.75, 3.05) is 29.9 Å². The number of carbonyl (C=O) groups excluding carboxylic acids is 2. The topological polar surface area (TPSA) is 86.8 Å². The lowest BCUT2D eigenvalue weighted by Gasteiger charge is -2.26. The highest BCUT2D eigenvalue weighted by Gasteiger charge is 2.32. The van der Waals surface area contributed by atoms with Crippen molar-refractivity contribution in [2.24, 2.45) is 5.41 Å². The number of nitrogens with zero attached hydrogens (tertiary/aromatic N) is 2. The summed E-state index contributed by atoms with van der Waals surface area (Å²) in [4.78, 5) is 27.5. The standard InChI is InChI=1S/C24H29N3O4S/c1-24(2,3)23(29)27-15-12-17-6-9-19(16-21(17)27)25-22(28)18-7-10-20(11-8-18)32(30,31)26-13-4-5-14-26/h6-11,16H,4-5,12-15H2,1-3H3,(H,25,28). The molecular formula is C24H29N3O4S. The van der Waals surface area contributed by atoms with Crippen LogP contribution in [0.3, 0.4) is 0 Å². The zero-order chi connectivity index (χ0) is 23.1. The second-order valence-electron chi connectivity index (χ2n) is 9.39. The van der Waals surface area contributed by atoms with Gasteiger partial charge in [0.15, 0.2) is 0 Å². The summed E-state index contributed by atoms with van der Waals surface area (Å²) < 4.78 is 26.8. The van der Waals surface area contributed by atoms with Gasteiger partial charge in [-0.05, 0) is 61.2 Å². The third kappa shape index (κ3) is 4.29. The fraction of sp³-hybridized carbons (Fsp3) is 0.417. The van der Waals surface area contributed by atoms with Gasteiger partial charge in [0.2, 0.25) is 15.9 Å². The highest BCUT2D eigenvalue weighted by molar-refractivity contribution is 7.89. The van der Waals surface area contributed by atoms with Crippen molar-refractivity contribution >= 4 is 33.2 Å². The van der Waals surface area contributed by atoms with Crippen molar-refractivity contribution in [3.63, 3.8) is 0 Å². The molecular weight excluding hydrogens is 426 g/mol. The molecule has 0 atom stereocenters. The Balaban J connectivity index is 1.50. The highest BCUT2D eigenvalue weighted by atomic mass is 32.2. The van der Waals surface area contributed by atoms with E-state index >= 15 is 0 Å². The van der Waals surface area contributed by atoms with E-state index in [9.17, 15) is 18.0 Å². The molecule has 0 radical (unpaired) electrons. The molecule has 2 aliphatic heterocycles. The average Bonchev–Trinajstić information content (AvgIpc) is 3.43. The van der Waals surface area contributed by atoms with Crippen molar-refractivity contribution in [3.8, 4) is 0 Å². The van der Waals surface area contributed by atoms with Crippen LogP contribution in [0.4, 0.5) is 11.4 Å². The Kier molecular flexibility index (Phi) is 5.85. The van der Waals surface area contributed by atoms with Gasteiger partial charge in [-0.25, -0.2) is 8.42 Å². The largest absolute Gasteiger partial charge is 0.322 e. The molecule has 8 heteroatoms. The van der Waals surface area contributed by atoms with E-state index in [1.54, 1.807) is 4.90 Å². The summed E-state index contributed by atoms with van der Waals surface area (Å²) in [5, 5.41) is 2.86. The number of nitrogens with one attached hydrogen (secondary N) is 1. The van der Waals surface area contributed by atoms with Gasteiger partial charge in [0.25, 0.3) is 5.91 Å². The Labute approximate surface area is 189 Å². The Morgan fingerprint density at radius 2 is 1.59 bits per heavy atom. The smallest absolute Gasteiger partial charge is 0.255 e. The van der Waals surface area contributed by atoms with Crippen molar-refractivity contribution in [3.05, 3.63) is 53.6 Å². The zero-order valence-corrected chi connectivity index (χ0v) is 19.5. The maximum absolute atomic E-state index is 12.8. The third-order valence-electron chi connectivity index (χ3n) is 5.94. The third-order valence-corrected chi connectivity index (χ3v) is 7.86. The average molecular weight is 456 g/mol. The second-order valence-corrected chi connectivity index (χ2v) is 11.3. The Morgan fingerprint density at radius 3 is 2.22 bits per heavy atom. The van der Waals surface area contributed by atoms with Crippen molar-refractivity contribution in [2.45, 2.75) is 44.9 Å². The molecule has 4 rings (SSSR count). The Hall–Kier alpha value is -2.71. The molecule has 1 fully saturated rings. The number of anilines is 2. The zero-order valence-electron chi connectivity index (χ0n) is 18.7. The molecule has 0 aromatic heterocycles. The van der Waals surface area contributed by atoms with Gasteiger partial charge in [-0.1, -0.05) is 26.8 Å². The van der Waals surface area contributed by atoms with Crippen LogP contribution in [0.5, 0.6) is 0 Å². The summed E-state index contributed by atoms with van der Waals surface area (Å²) >= 11 is 0. The van der Waals surface area contributed by atoms with Gasteiger partial charge in [0, 0.05) is 42.0 Å². The molecule has 0 aliphatic carbocycles. The summed E-state index contributed by atoms with van der Waals surface area (Å²) in [6, 6.07) is 11.6. The molecule has 0 unspecified atom stereocenters. The number of amides is 2. The van der Waals surface area contributed by atoms with Gasteiger partial charge in [-0.2, -0.15) is 4.31 Å². The minimum Gasteiger partial charge on any atom is -0.322 e. The number of hydrogen-bond donors (Lipinski definition) is 1. The molecule has 32 heavy (non-hydrogen) atoms. The van der Waals surface area contributed by atoms with Crippen LogP contribution >= 0.6 is 0 Å². The fourth-order valence-corrected chi connectivity index (χ4v) is 5.65. The minimum atomic E-state index is -3.51. The number of carbonyl (C=O) groups is 2. The normalized spacial score (nSPS) is 16.8. The van der Waals surface area contributed by atoms with Crippen LogP contribution in [-0.4, -0.2) is 44.2 Å². The summed E-state index contributed by atoms with van der Waals surface area (Å²) in [6.07, 6.45) is 2.54. The van der Waals surface area contributed by atoms with E-state index in [2.05, 4.69) is 5.32 Å². The van der Waals surface area contributed by atoms with Crippen molar-refractivity contribution in [1.29, 1.82) is 0 Å². The summed E-state index contributed by atoms with van der Waals surface area (Å²) in [5.74, 6) is -0.281. The van der Waals surface area contributed by atoms with Crippen LogP contribution in [0.15, 0.2) is 47.4 Å². The number of fused-ring (bicyclic) bond motifs is 1. The predicted octanol–water partition coefficient (Wildman–Crippen LogP) is 3.66. The first kappa shape index (κ1) is 22.5. The predicted molar refractivity (Wildman–Crippen MR) is 124 cm³/mol. The first-order valence-corrected chi connectivity index (χ1v) is 12.4. The molecule has 0 spiro atoms. The molecule has 1 N–H and O–H groups in total. The number of hydrogen-bond acceptors (Lipinski definition) is 4. The Morgan fingerprint density at radius 1 is 0.938 bits per heavy atom. The van der Waals surface area contributed by atoms with Crippen molar-refractivity contribution < 1.29 is 18.0 Å². The van der Waals surface area contributed by atoms with E-state index in [-0.39, 0.29) is 16.7 Å². The fourth-order valence-electron chi connectivity index (χ4n) is 4.13. The SMILES string of the molecule is CC(C)(C)C(=O)N1CCc2ccc(NC(=O)c3ccc(S(=O)(=O)N4CCCC4)cc3)cc21. The molecule has 0 saturated carbocycles. The summed E-state index contributed by atoms with van der Waals surface area (Å²) in [6.45, 7) is 7.40. The van der Waals surface area contributed by atoms with Crippen LogP contribution in [-0.2, 0) is 21.2 Å². The van der Waals surface area contributed by atoms with E-state index in [1.165, 1.54) is 28.6 Å². The maximum Gasteiger partial charge on any atom is 0.255 e. The van der Waals surface area contributed by atoms with Gasteiger partial charge < -0.3 is 10.2 Å². The van der Waals surface area contributed by atoms with Crippen molar-refractivity contribution in [1.82, 2.24) is 4.31 Å². The van der Waals surface area contributed by atoms with E-state index < -0.39 is 15.4 Å². The van der Waals surface area contributed by atoms with Crippen LogP contribution in [0.25, 0.3) is 0 Å². The lowest BCUT2D eigenvalue weighted by molar-refractivity contribution is -0.125. The quantitative estimate of drug-likeness (QED) is 0.762. The van der Waals surface area contributed by atoms with Crippen LogP contribution in [0, 0.1) is 5.41 Å². The lowest BCUT2D eigenvalue weighted by atomic mass is 9.94. The van der Waals surface area contributed by atoms with Gasteiger partial charge in [-0.3, -0.25) is 9.59 Å². The van der Waals surface area contributed by atoms with Crippen LogP contribution < -0.4 is 10.2 Å². The van der Waals surface area contributed by atoms with Crippen LogP contribution in [0.2, 0.25) is 0 Å². The van der Waals surface area contributed by atoms with E-state index in [0.29, 0.717) is 30.9 Å². The number of sulfonamides is 1. The first-order valence-electron chi connectivity index (χ1n) is 10.9. The van der Waals surface area contributed by atoms with Gasteiger partial charge >= 0.3 is 0 Å². The molecule has 2 amide bonds. The summed E-state index contributed by atoms with van der Waals surface area (Å²) in [7, 11) is -3.51. The van der Waals surface area contributed by atoms with E-state index in [4.69, 9.17) is 0 Å². The van der Waals surface area contributed by atoms with Gasteiger partial charge in [-0.15, -0.1) is 0 Å². The van der Waals surface area contributed by atoms with E-state index in [0.717, 1.165) is 30.5 Å². The minimum absolute atomic E-state index is 0.0505. The van der Waals surface area contributed by atoms with Gasteiger partial charge in [0.05, 0.1) is 4.90 Å². The molecule has 2 heterocycles. The van der Waals surface area contributed by atoms with E-state index in [1.807, 2.05) is 39.0 Å². The van der Waals surface area contributed by atoms with Crippen LogP contribution in [0.1, 0.15) is 49.5 Å². The summed E-state index contributed by atoms with van der Waals surface area (Å²) in [5.41, 5.74) is 2.38. The monoisotopic (exact) mass is 455 g/mol. The highest BCUT2D eigenvalue weighted by Crippen LogP contribution is 2.34. The number of rotatable bonds is 4. The molecule has 7 nitrogen and oxygen atoms in total. The molecule has 170 valence electrons. The molecule has 2 aromatic rings. The number of benzene rings is 2. The second kappa shape index (κ2) is 8.33. The molecule has 2 aromatic carbocycles. The first-order chi connectivity index (χ1) is 15.1. The maximum atomic E-state index is 12.8. The van der Waals surface area contributed by atoms with Gasteiger partial charge in [0.1, 0.15) is 0 Å². The molecule has 2 aliphatic rings. The molecule has 1 saturated heterocycles. The Bertz CT molecular complexity index is 1140.